The first-order valence-corrected chi connectivity index (χ1v) is 7.34. The van der Waals surface area contributed by atoms with Crippen molar-refractivity contribution in [2.24, 2.45) is 0 Å². The Hall–Kier alpha value is -1.84. The van der Waals surface area contributed by atoms with Crippen molar-refractivity contribution in [2.75, 3.05) is 19.8 Å². The fourth-order valence-electron chi connectivity index (χ4n) is 2.20. The largest absolute Gasteiger partial charge is 0.494 e. The van der Waals surface area contributed by atoms with Crippen molar-refractivity contribution in [1.82, 2.24) is 5.32 Å². The molecule has 0 aliphatic carbocycles. The summed E-state index contributed by atoms with van der Waals surface area (Å²) in [5.74, 6) is 0.894. The monoisotopic (exact) mass is 285 g/mol. The molecule has 0 aliphatic heterocycles. The molecule has 0 amide bonds. The van der Waals surface area contributed by atoms with Crippen molar-refractivity contribution in [2.45, 2.75) is 18.9 Å². The molecular weight excluding hydrogens is 262 g/mol. The molecule has 1 unspecified atom stereocenters. The van der Waals surface area contributed by atoms with Crippen molar-refractivity contribution in [3.63, 3.8) is 0 Å². The molecule has 0 radical (unpaired) electrons. The number of aliphatic hydroxyl groups excluding tert-OH is 1. The highest BCUT2D eigenvalue weighted by molar-refractivity contribution is 5.23. The first kappa shape index (κ1) is 15.5. The maximum absolute atomic E-state index is 9.68. The van der Waals surface area contributed by atoms with E-state index in [-0.39, 0.29) is 6.61 Å². The van der Waals surface area contributed by atoms with E-state index >= 15 is 0 Å². The molecule has 1 atom stereocenters. The van der Waals surface area contributed by atoms with E-state index in [4.69, 9.17) is 4.74 Å². The second-order valence-corrected chi connectivity index (χ2v) is 5.30. The molecule has 0 heterocycles. The van der Waals surface area contributed by atoms with Crippen molar-refractivity contribution in [3.8, 4) is 5.75 Å². The Labute approximate surface area is 126 Å². The van der Waals surface area contributed by atoms with E-state index in [0.717, 1.165) is 24.3 Å². The average molecular weight is 285 g/mol. The number of hydrogen-bond donors (Lipinski definition) is 2. The normalized spacial score (nSPS) is 13.6. The average Bonchev–Trinajstić information content (AvgIpc) is 2.56. The van der Waals surface area contributed by atoms with Gasteiger partial charge in [0.2, 0.25) is 0 Å². The summed E-state index contributed by atoms with van der Waals surface area (Å²) in [4.78, 5) is 0. The van der Waals surface area contributed by atoms with Gasteiger partial charge in [0.05, 0.1) is 18.8 Å². The van der Waals surface area contributed by atoms with Gasteiger partial charge < -0.3 is 15.2 Å². The van der Waals surface area contributed by atoms with Gasteiger partial charge in [-0.25, -0.2) is 0 Å². The Morgan fingerprint density at radius 1 is 1.00 bits per heavy atom. The maximum Gasteiger partial charge on any atom is 0.119 e. The molecule has 2 N–H and O–H groups in total. The second-order valence-electron chi connectivity index (χ2n) is 5.30. The van der Waals surface area contributed by atoms with Crippen LogP contribution in [0.4, 0.5) is 0 Å². The van der Waals surface area contributed by atoms with Gasteiger partial charge in [-0.2, -0.15) is 0 Å². The van der Waals surface area contributed by atoms with Crippen LogP contribution in [-0.2, 0) is 5.54 Å². The van der Waals surface area contributed by atoms with E-state index < -0.39 is 5.54 Å². The van der Waals surface area contributed by atoms with Crippen LogP contribution in [0.15, 0.2) is 60.7 Å². The minimum absolute atomic E-state index is 0.0660. The fraction of sp³-hybridized carbons (Fsp3) is 0.333. The molecule has 0 saturated heterocycles. The summed E-state index contributed by atoms with van der Waals surface area (Å²) in [6.45, 7) is 3.53. The van der Waals surface area contributed by atoms with Crippen LogP contribution in [-0.4, -0.2) is 24.9 Å². The number of benzene rings is 2. The summed E-state index contributed by atoms with van der Waals surface area (Å²) in [5, 5.41) is 13.1. The first-order chi connectivity index (χ1) is 10.2. The van der Waals surface area contributed by atoms with Gasteiger partial charge in [-0.3, -0.25) is 0 Å². The van der Waals surface area contributed by atoms with Gasteiger partial charge in [-0.1, -0.05) is 48.5 Å². The van der Waals surface area contributed by atoms with Crippen LogP contribution in [0.1, 0.15) is 18.9 Å². The predicted octanol–water partition coefficient (Wildman–Crippen LogP) is 2.95. The lowest BCUT2D eigenvalue weighted by Crippen LogP contribution is -2.43. The van der Waals surface area contributed by atoms with Crippen LogP contribution in [0.25, 0.3) is 0 Å². The van der Waals surface area contributed by atoms with Gasteiger partial charge in [-0.05, 0) is 37.6 Å². The number of aliphatic hydroxyl groups is 1. The molecule has 112 valence electrons. The summed E-state index contributed by atoms with van der Waals surface area (Å²) in [6.07, 6.45) is 0.886. The maximum atomic E-state index is 9.68. The molecule has 2 rings (SSSR count). The Bertz CT molecular complexity index is 515. The van der Waals surface area contributed by atoms with E-state index in [9.17, 15) is 5.11 Å². The summed E-state index contributed by atoms with van der Waals surface area (Å²) in [7, 11) is 0. The molecule has 3 nitrogen and oxygen atoms in total. The van der Waals surface area contributed by atoms with Crippen molar-refractivity contribution in [1.29, 1.82) is 0 Å². The number of para-hydroxylation sites is 1. The molecule has 0 saturated carbocycles. The second kappa shape index (κ2) is 7.81. The highest BCUT2D eigenvalue weighted by atomic mass is 16.5. The fourth-order valence-corrected chi connectivity index (χ4v) is 2.20. The van der Waals surface area contributed by atoms with Crippen molar-refractivity contribution < 1.29 is 9.84 Å². The highest BCUT2D eigenvalue weighted by Gasteiger charge is 2.24. The van der Waals surface area contributed by atoms with Crippen LogP contribution in [0, 0.1) is 0 Å². The van der Waals surface area contributed by atoms with Gasteiger partial charge in [-0.15, -0.1) is 0 Å². The summed E-state index contributed by atoms with van der Waals surface area (Å²) >= 11 is 0. The summed E-state index contributed by atoms with van der Waals surface area (Å²) < 4.78 is 5.66. The van der Waals surface area contributed by atoms with Gasteiger partial charge in [0, 0.05) is 0 Å². The van der Waals surface area contributed by atoms with E-state index in [1.807, 2.05) is 67.6 Å². The van der Waals surface area contributed by atoms with Gasteiger partial charge in [0.15, 0.2) is 0 Å². The van der Waals surface area contributed by atoms with E-state index in [0.29, 0.717) is 6.61 Å². The topological polar surface area (TPSA) is 41.5 Å². The van der Waals surface area contributed by atoms with E-state index in [1.165, 1.54) is 0 Å². The lowest BCUT2D eigenvalue weighted by molar-refractivity contribution is 0.172. The number of nitrogens with one attached hydrogen (secondary N) is 1. The van der Waals surface area contributed by atoms with Crippen LogP contribution in [0.2, 0.25) is 0 Å². The third-order valence-corrected chi connectivity index (χ3v) is 3.58. The standard InChI is InChI=1S/C18H23NO2/c1-18(15-20,16-9-4-2-5-10-16)19-13-8-14-21-17-11-6-3-7-12-17/h2-7,9-12,19-20H,8,13-15H2,1H3. The van der Waals surface area contributed by atoms with Crippen LogP contribution >= 0.6 is 0 Å². The molecule has 0 spiro atoms. The van der Waals surface area contributed by atoms with Crippen molar-refractivity contribution in [3.05, 3.63) is 66.2 Å². The third-order valence-electron chi connectivity index (χ3n) is 3.58. The zero-order valence-electron chi connectivity index (χ0n) is 12.5. The molecule has 2 aromatic rings. The molecular formula is C18H23NO2. The SMILES string of the molecule is CC(CO)(NCCCOc1ccccc1)c1ccccc1. The summed E-state index contributed by atoms with van der Waals surface area (Å²) in [5.41, 5.74) is 0.685. The predicted molar refractivity (Wildman–Crippen MR) is 85.4 cm³/mol. The Balaban J connectivity index is 1.76. The number of hydrogen-bond acceptors (Lipinski definition) is 3. The lowest BCUT2D eigenvalue weighted by atomic mass is 9.93. The molecule has 0 fully saturated rings. The summed E-state index contributed by atoms with van der Waals surface area (Å²) in [6, 6.07) is 19.8. The lowest BCUT2D eigenvalue weighted by Gasteiger charge is -2.29. The number of rotatable bonds is 8. The Morgan fingerprint density at radius 3 is 2.24 bits per heavy atom. The van der Waals surface area contributed by atoms with Gasteiger partial charge in [0.1, 0.15) is 5.75 Å². The first-order valence-electron chi connectivity index (χ1n) is 7.34. The molecule has 21 heavy (non-hydrogen) atoms. The molecule has 0 bridgehead atoms. The molecule has 0 aliphatic rings. The molecule has 0 aromatic heterocycles. The smallest absolute Gasteiger partial charge is 0.119 e. The minimum atomic E-state index is -0.409. The third kappa shape index (κ3) is 4.59. The van der Waals surface area contributed by atoms with Crippen LogP contribution in [0.3, 0.4) is 0 Å². The van der Waals surface area contributed by atoms with Gasteiger partial charge >= 0.3 is 0 Å². The number of ether oxygens (including phenoxy) is 1. The highest BCUT2D eigenvalue weighted by Crippen LogP contribution is 2.19. The molecule has 2 aromatic carbocycles. The van der Waals surface area contributed by atoms with Crippen LogP contribution in [0.5, 0.6) is 5.75 Å². The zero-order valence-corrected chi connectivity index (χ0v) is 12.5. The van der Waals surface area contributed by atoms with Gasteiger partial charge in [0.25, 0.3) is 0 Å². The van der Waals surface area contributed by atoms with Crippen molar-refractivity contribution >= 4 is 0 Å². The zero-order chi connectivity index (χ0) is 15.0. The van der Waals surface area contributed by atoms with E-state index in [2.05, 4.69) is 5.32 Å². The quantitative estimate of drug-likeness (QED) is 0.733. The molecule has 3 heteroatoms. The Kier molecular flexibility index (Phi) is 5.78. The van der Waals surface area contributed by atoms with Crippen LogP contribution < -0.4 is 10.1 Å². The van der Waals surface area contributed by atoms with E-state index in [1.54, 1.807) is 0 Å². The minimum Gasteiger partial charge on any atom is -0.494 e. The Morgan fingerprint density at radius 2 is 1.62 bits per heavy atom.